The summed E-state index contributed by atoms with van der Waals surface area (Å²) in [5.41, 5.74) is 6.37. The van der Waals surface area contributed by atoms with Crippen molar-refractivity contribution in [1.82, 2.24) is 0 Å². The topological polar surface area (TPSA) is 58.9 Å². The van der Waals surface area contributed by atoms with Crippen LogP contribution in [0.15, 0.2) is 82.8 Å². The standard InChI is InChI=1S/C26H24N2O2/c1-19(21-7-11-25(12-8-21)27-17-29)15-23-5-3-4-6-24(23)16-20(2)22-9-13-26(14-10-22)28-18-30/h3-14,19-20H,15-16H2,1-2H3. The molecule has 0 aliphatic carbocycles. The van der Waals surface area contributed by atoms with Gasteiger partial charge in [0.2, 0.25) is 12.2 Å². The van der Waals surface area contributed by atoms with Gasteiger partial charge in [0.05, 0.1) is 11.4 Å². The SMILES string of the molecule is CC(Cc1ccccc1CC(C)c1ccc(N=C=O)cc1)c1ccc(N=C=O)cc1. The average molecular weight is 396 g/mol. The molecule has 0 heterocycles. The van der Waals surface area contributed by atoms with Crippen molar-refractivity contribution < 1.29 is 9.59 Å². The maximum atomic E-state index is 10.4. The number of benzene rings is 3. The van der Waals surface area contributed by atoms with Crippen LogP contribution < -0.4 is 0 Å². The molecule has 0 aromatic heterocycles. The van der Waals surface area contributed by atoms with E-state index in [1.807, 2.05) is 48.5 Å². The van der Waals surface area contributed by atoms with Gasteiger partial charge >= 0.3 is 0 Å². The molecule has 0 amide bonds. The zero-order valence-corrected chi connectivity index (χ0v) is 17.2. The van der Waals surface area contributed by atoms with Crippen LogP contribution in [0.25, 0.3) is 0 Å². The molecular weight excluding hydrogens is 372 g/mol. The molecule has 30 heavy (non-hydrogen) atoms. The Morgan fingerprint density at radius 2 is 1.00 bits per heavy atom. The third-order valence-corrected chi connectivity index (χ3v) is 5.44. The van der Waals surface area contributed by atoms with E-state index in [2.05, 4.69) is 48.1 Å². The number of hydrogen-bond acceptors (Lipinski definition) is 4. The normalized spacial score (nSPS) is 12.3. The summed E-state index contributed by atoms with van der Waals surface area (Å²) in [5.74, 6) is 0.687. The molecule has 3 aromatic rings. The second-order valence-corrected chi connectivity index (χ2v) is 7.57. The van der Waals surface area contributed by atoms with Crippen molar-refractivity contribution in [2.24, 2.45) is 9.98 Å². The fraction of sp³-hybridized carbons (Fsp3) is 0.231. The van der Waals surface area contributed by atoms with Crippen LogP contribution in [-0.2, 0) is 22.4 Å². The fourth-order valence-electron chi connectivity index (χ4n) is 3.71. The monoisotopic (exact) mass is 396 g/mol. The molecular formula is C26H24N2O2. The van der Waals surface area contributed by atoms with Crippen LogP contribution in [0.5, 0.6) is 0 Å². The molecule has 2 atom stereocenters. The van der Waals surface area contributed by atoms with Crippen LogP contribution in [0.4, 0.5) is 11.4 Å². The molecule has 4 nitrogen and oxygen atoms in total. The number of isocyanates is 2. The number of nitrogens with zero attached hydrogens (tertiary/aromatic N) is 2. The molecule has 0 saturated carbocycles. The highest BCUT2D eigenvalue weighted by atomic mass is 16.1. The van der Waals surface area contributed by atoms with E-state index in [1.54, 1.807) is 12.2 Å². The van der Waals surface area contributed by atoms with E-state index in [0.29, 0.717) is 23.2 Å². The lowest BCUT2D eigenvalue weighted by molar-refractivity contribution is 0.564. The molecule has 0 saturated heterocycles. The van der Waals surface area contributed by atoms with Crippen LogP contribution in [0.1, 0.15) is 47.9 Å². The Bertz CT molecular complexity index is 986. The van der Waals surface area contributed by atoms with Crippen LogP contribution in [0.2, 0.25) is 0 Å². The first kappa shape index (κ1) is 21.1. The molecule has 2 unspecified atom stereocenters. The maximum absolute atomic E-state index is 10.4. The predicted octanol–water partition coefficient (Wildman–Crippen LogP) is 6.31. The highest BCUT2D eigenvalue weighted by molar-refractivity contribution is 5.50. The van der Waals surface area contributed by atoms with Crippen LogP contribution in [0.3, 0.4) is 0 Å². The average Bonchev–Trinajstić information content (AvgIpc) is 2.76. The summed E-state index contributed by atoms with van der Waals surface area (Å²) in [7, 11) is 0. The third-order valence-electron chi connectivity index (χ3n) is 5.44. The zero-order chi connectivity index (χ0) is 21.3. The van der Waals surface area contributed by atoms with Crippen molar-refractivity contribution in [2.75, 3.05) is 0 Å². The quantitative estimate of drug-likeness (QED) is 0.331. The molecule has 3 aromatic carbocycles. The molecule has 0 aliphatic rings. The summed E-state index contributed by atoms with van der Waals surface area (Å²) in [5, 5.41) is 0. The van der Waals surface area contributed by atoms with Gasteiger partial charge < -0.3 is 0 Å². The van der Waals surface area contributed by atoms with Gasteiger partial charge in [-0.25, -0.2) is 9.59 Å². The van der Waals surface area contributed by atoms with Crippen LogP contribution >= 0.6 is 0 Å². The van der Waals surface area contributed by atoms with Crippen LogP contribution in [0, 0.1) is 0 Å². The van der Waals surface area contributed by atoms with Gasteiger partial charge in [0, 0.05) is 0 Å². The summed E-state index contributed by atoms with van der Waals surface area (Å²) in [6.07, 6.45) is 5.02. The summed E-state index contributed by atoms with van der Waals surface area (Å²) in [4.78, 5) is 28.1. The molecule has 0 aliphatic heterocycles. The maximum Gasteiger partial charge on any atom is 0.240 e. The summed E-state index contributed by atoms with van der Waals surface area (Å²) in [6, 6.07) is 24.1. The first-order chi connectivity index (χ1) is 14.6. The number of hydrogen-bond donors (Lipinski definition) is 0. The van der Waals surface area contributed by atoms with Gasteiger partial charge in [-0.2, -0.15) is 9.98 Å². The lowest BCUT2D eigenvalue weighted by atomic mass is 9.87. The number of carbonyl (C=O) groups excluding carboxylic acids is 2. The lowest BCUT2D eigenvalue weighted by Crippen LogP contribution is -2.05. The Labute approximate surface area is 177 Å². The van der Waals surface area contributed by atoms with E-state index >= 15 is 0 Å². The number of aliphatic imine (C=N–C) groups is 2. The Kier molecular flexibility index (Phi) is 7.24. The van der Waals surface area contributed by atoms with E-state index in [1.165, 1.54) is 22.3 Å². The molecule has 0 spiro atoms. The first-order valence-electron chi connectivity index (χ1n) is 10.0. The van der Waals surface area contributed by atoms with E-state index < -0.39 is 0 Å². The fourth-order valence-corrected chi connectivity index (χ4v) is 3.71. The van der Waals surface area contributed by atoms with Gasteiger partial charge in [-0.1, -0.05) is 62.4 Å². The minimum atomic E-state index is 0.344. The first-order valence-corrected chi connectivity index (χ1v) is 10.0. The van der Waals surface area contributed by atoms with Gasteiger partial charge in [0.25, 0.3) is 0 Å². The smallest absolute Gasteiger partial charge is 0.211 e. The van der Waals surface area contributed by atoms with Crippen molar-refractivity contribution >= 4 is 23.5 Å². The highest BCUT2D eigenvalue weighted by Crippen LogP contribution is 2.28. The van der Waals surface area contributed by atoms with Crippen molar-refractivity contribution in [3.8, 4) is 0 Å². The molecule has 0 radical (unpaired) electrons. The van der Waals surface area contributed by atoms with E-state index in [4.69, 9.17) is 0 Å². The van der Waals surface area contributed by atoms with E-state index in [0.717, 1.165) is 12.8 Å². The van der Waals surface area contributed by atoms with Gasteiger partial charge in [-0.15, -0.1) is 0 Å². The minimum absolute atomic E-state index is 0.344. The van der Waals surface area contributed by atoms with Gasteiger partial charge in [0.15, 0.2) is 0 Å². The van der Waals surface area contributed by atoms with Gasteiger partial charge in [0.1, 0.15) is 0 Å². The Morgan fingerprint density at radius 3 is 1.33 bits per heavy atom. The highest BCUT2D eigenvalue weighted by Gasteiger charge is 2.13. The molecule has 150 valence electrons. The van der Waals surface area contributed by atoms with Crippen molar-refractivity contribution in [1.29, 1.82) is 0 Å². The lowest BCUT2D eigenvalue weighted by Gasteiger charge is -2.18. The van der Waals surface area contributed by atoms with Crippen molar-refractivity contribution in [3.63, 3.8) is 0 Å². The minimum Gasteiger partial charge on any atom is -0.211 e. The largest absolute Gasteiger partial charge is 0.240 e. The Balaban J connectivity index is 1.73. The van der Waals surface area contributed by atoms with Gasteiger partial charge in [-0.3, -0.25) is 0 Å². The number of rotatable bonds is 8. The molecule has 3 rings (SSSR count). The third kappa shape index (κ3) is 5.48. The summed E-state index contributed by atoms with van der Waals surface area (Å²) < 4.78 is 0. The predicted molar refractivity (Wildman–Crippen MR) is 119 cm³/mol. The molecule has 4 heteroatoms. The second kappa shape index (κ2) is 10.3. The van der Waals surface area contributed by atoms with Crippen molar-refractivity contribution in [3.05, 3.63) is 95.1 Å². The van der Waals surface area contributed by atoms with E-state index in [-0.39, 0.29) is 0 Å². The molecule has 0 fully saturated rings. The van der Waals surface area contributed by atoms with Gasteiger partial charge in [-0.05, 0) is 71.2 Å². The van der Waals surface area contributed by atoms with Crippen LogP contribution in [-0.4, -0.2) is 12.2 Å². The zero-order valence-electron chi connectivity index (χ0n) is 17.2. The summed E-state index contributed by atoms with van der Waals surface area (Å²) in [6.45, 7) is 4.43. The molecule has 0 bridgehead atoms. The van der Waals surface area contributed by atoms with Crippen molar-refractivity contribution in [2.45, 2.75) is 38.5 Å². The Morgan fingerprint density at radius 1 is 0.633 bits per heavy atom. The second-order valence-electron chi connectivity index (χ2n) is 7.57. The summed E-state index contributed by atoms with van der Waals surface area (Å²) >= 11 is 0. The molecule has 0 N–H and O–H groups in total. The Hall–Kier alpha value is -3.58. The van der Waals surface area contributed by atoms with E-state index in [9.17, 15) is 9.59 Å².